The van der Waals surface area contributed by atoms with Crippen molar-refractivity contribution in [1.29, 1.82) is 0 Å². The smallest absolute Gasteiger partial charge is 0.258 e. The molecule has 1 aromatic heterocycles. The van der Waals surface area contributed by atoms with Gasteiger partial charge in [0.15, 0.2) is 11.5 Å². The number of fused-ring (bicyclic) bond motifs is 1. The Morgan fingerprint density at radius 3 is 3.00 bits per heavy atom. The van der Waals surface area contributed by atoms with E-state index in [9.17, 15) is 4.79 Å². The molecular weight excluding hydrogens is 294 g/mol. The monoisotopic (exact) mass is 311 g/mol. The highest BCUT2D eigenvalue weighted by Crippen LogP contribution is 2.37. The summed E-state index contributed by atoms with van der Waals surface area (Å²) < 4.78 is 11.3. The molecule has 2 aliphatic rings. The van der Waals surface area contributed by atoms with Crippen molar-refractivity contribution in [3.8, 4) is 11.5 Å². The topological polar surface area (TPSA) is 64.6 Å². The molecule has 0 radical (unpaired) electrons. The van der Waals surface area contributed by atoms with Crippen molar-refractivity contribution in [3.05, 3.63) is 48.0 Å². The van der Waals surface area contributed by atoms with E-state index < -0.39 is 0 Å². The molecule has 2 aromatic rings. The summed E-state index contributed by atoms with van der Waals surface area (Å²) in [5.41, 5.74) is 1.44. The zero-order valence-electron chi connectivity index (χ0n) is 12.6. The van der Waals surface area contributed by atoms with Gasteiger partial charge >= 0.3 is 0 Å². The number of carbonyl (C=O) groups is 1. The molecule has 0 saturated carbocycles. The maximum Gasteiger partial charge on any atom is 0.258 e. The fraction of sp³-hybridized carbons (Fsp3) is 0.353. The minimum absolute atomic E-state index is 0.00846. The molecule has 0 spiro atoms. The summed E-state index contributed by atoms with van der Waals surface area (Å²) in [6, 6.07) is 7.32. The van der Waals surface area contributed by atoms with Crippen molar-refractivity contribution in [2.75, 3.05) is 19.8 Å². The van der Waals surface area contributed by atoms with Crippen molar-refractivity contribution in [2.45, 2.75) is 18.9 Å². The number of hydrogen-bond acceptors (Lipinski definition) is 5. The maximum absolute atomic E-state index is 13.0. The SMILES string of the molecule is O=C(c1cccc2c1OCCO2)N1CCC[C@@H]1c1ccncn1. The van der Waals surface area contributed by atoms with Gasteiger partial charge in [0.2, 0.25) is 0 Å². The first-order valence-corrected chi connectivity index (χ1v) is 7.80. The van der Waals surface area contributed by atoms with Gasteiger partial charge in [-0.05, 0) is 31.0 Å². The van der Waals surface area contributed by atoms with E-state index in [2.05, 4.69) is 9.97 Å². The molecule has 0 N–H and O–H groups in total. The summed E-state index contributed by atoms with van der Waals surface area (Å²) in [6.07, 6.45) is 5.12. The Morgan fingerprint density at radius 1 is 1.22 bits per heavy atom. The number of nitrogens with zero attached hydrogens (tertiary/aromatic N) is 3. The first kappa shape index (κ1) is 14.0. The molecule has 4 rings (SSSR count). The van der Waals surface area contributed by atoms with Crippen molar-refractivity contribution in [2.24, 2.45) is 0 Å². The van der Waals surface area contributed by atoms with Crippen LogP contribution in [0.1, 0.15) is 34.9 Å². The van der Waals surface area contributed by atoms with Crippen LogP contribution in [0.5, 0.6) is 11.5 Å². The summed E-state index contributed by atoms with van der Waals surface area (Å²) in [6.45, 7) is 1.70. The molecule has 1 amide bonds. The number of ether oxygens (including phenoxy) is 2. The van der Waals surface area contributed by atoms with Crippen LogP contribution in [0.4, 0.5) is 0 Å². The van der Waals surface area contributed by atoms with E-state index in [4.69, 9.17) is 9.47 Å². The zero-order chi connectivity index (χ0) is 15.6. The quantitative estimate of drug-likeness (QED) is 0.851. The second-order valence-corrected chi connectivity index (χ2v) is 5.62. The molecule has 6 heteroatoms. The third-order valence-corrected chi connectivity index (χ3v) is 4.26. The van der Waals surface area contributed by atoms with Crippen LogP contribution in [0.25, 0.3) is 0 Å². The van der Waals surface area contributed by atoms with Gasteiger partial charge in [0.25, 0.3) is 5.91 Å². The molecule has 3 heterocycles. The van der Waals surface area contributed by atoms with E-state index in [1.165, 1.54) is 6.33 Å². The first-order chi connectivity index (χ1) is 11.3. The van der Waals surface area contributed by atoms with E-state index in [1.807, 2.05) is 23.1 Å². The minimum Gasteiger partial charge on any atom is -0.486 e. The number of para-hydroxylation sites is 1. The average Bonchev–Trinajstić information content (AvgIpc) is 3.11. The lowest BCUT2D eigenvalue weighted by molar-refractivity contribution is 0.0722. The number of amides is 1. The molecule has 1 fully saturated rings. The first-order valence-electron chi connectivity index (χ1n) is 7.80. The second-order valence-electron chi connectivity index (χ2n) is 5.62. The highest BCUT2D eigenvalue weighted by Gasteiger charge is 2.33. The average molecular weight is 311 g/mol. The van der Waals surface area contributed by atoms with Gasteiger partial charge in [0, 0.05) is 12.7 Å². The molecule has 1 saturated heterocycles. The van der Waals surface area contributed by atoms with Gasteiger partial charge in [0.1, 0.15) is 19.5 Å². The lowest BCUT2D eigenvalue weighted by Crippen LogP contribution is -2.32. The standard InChI is InChI=1S/C17H17N3O3/c21-17(12-3-1-5-15-16(12)23-10-9-22-15)20-8-2-4-14(20)13-6-7-18-11-19-13/h1,3,5-7,11,14H,2,4,8-10H2/t14-/m1/s1. The molecule has 1 aromatic carbocycles. The highest BCUT2D eigenvalue weighted by atomic mass is 16.6. The molecule has 0 bridgehead atoms. The minimum atomic E-state index is -0.0338. The zero-order valence-corrected chi connectivity index (χ0v) is 12.6. The number of carbonyl (C=O) groups excluding carboxylic acids is 1. The lowest BCUT2D eigenvalue weighted by atomic mass is 10.1. The van der Waals surface area contributed by atoms with Gasteiger partial charge in [0.05, 0.1) is 17.3 Å². The Bertz CT molecular complexity index is 720. The predicted octanol–water partition coefficient (Wildman–Crippen LogP) is 2.23. The van der Waals surface area contributed by atoms with E-state index >= 15 is 0 Å². The van der Waals surface area contributed by atoms with Crippen LogP contribution >= 0.6 is 0 Å². The largest absolute Gasteiger partial charge is 0.486 e. The van der Waals surface area contributed by atoms with Crippen LogP contribution in [0.15, 0.2) is 36.8 Å². The molecule has 23 heavy (non-hydrogen) atoms. The predicted molar refractivity (Wildman–Crippen MR) is 82.5 cm³/mol. The Labute approximate surface area is 134 Å². The normalized spacial score (nSPS) is 19.7. The lowest BCUT2D eigenvalue weighted by Gasteiger charge is -2.26. The van der Waals surface area contributed by atoms with Crippen LogP contribution < -0.4 is 9.47 Å². The summed E-state index contributed by atoms with van der Waals surface area (Å²) in [7, 11) is 0. The van der Waals surface area contributed by atoms with Crippen molar-refractivity contribution in [1.82, 2.24) is 14.9 Å². The van der Waals surface area contributed by atoms with Crippen LogP contribution in [0.3, 0.4) is 0 Å². The summed E-state index contributed by atoms with van der Waals surface area (Å²) in [5.74, 6) is 1.16. The van der Waals surface area contributed by atoms with E-state index in [1.54, 1.807) is 12.3 Å². The molecule has 6 nitrogen and oxygen atoms in total. The molecule has 0 aliphatic carbocycles. The number of likely N-dealkylation sites (tertiary alicyclic amines) is 1. The Balaban J connectivity index is 1.66. The third-order valence-electron chi connectivity index (χ3n) is 4.26. The van der Waals surface area contributed by atoms with Crippen LogP contribution in [0, 0.1) is 0 Å². The molecule has 118 valence electrons. The molecular formula is C17H17N3O3. The second kappa shape index (κ2) is 5.87. The van der Waals surface area contributed by atoms with Gasteiger partial charge in [-0.25, -0.2) is 9.97 Å². The Kier molecular flexibility index (Phi) is 3.57. The molecule has 2 aliphatic heterocycles. The maximum atomic E-state index is 13.0. The summed E-state index contributed by atoms with van der Waals surface area (Å²) in [5, 5.41) is 0. The van der Waals surface area contributed by atoms with Crippen molar-refractivity contribution >= 4 is 5.91 Å². The highest BCUT2D eigenvalue weighted by molar-refractivity contribution is 5.98. The summed E-state index contributed by atoms with van der Waals surface area (Å²) in [4.78, 5) is 23.2. The van der Waals surface area contributed by atoms with Gasteiger partial charge < -0.3 is 14.4 Å². The fourth-order valence-electron chi connectivity index (χ4n) is 3.21. The third kappa shape index (κ3) is 2.50. The van der Waals surface area contributed by atoms with E-state index in [0.717, 1.165) is 25.1 Å². The molecule has 1 atom stereocenters. The van der Waals surface area contributed by atoms with Gasteiger partial charge in [-0.2, -0.15) is 0 Å². The Hall–Kier alpha value is -2.63. The molecule has 0 unspecified atom stereocenters. The number of rotatable bonds is 2. The van der Waals surface area contributed by atoms with Gasteiger partial charge in [-0.15, -0.1) is 0 Å². The Morgan fingerprint density at radius 2 is 2.13 bits per heavy atom. The van der Waals surface area contributed by atoms with E-state index in [-0.39, 0.29) is 11.9 Å². The summed E-state index contributed by atoms with van der Waals surface area (Å²) >= 11 is 0. The fourth-order valence-corrected chi connectivity index (χ4v) is 3.21. The van der Waals surface area contributed by atoms with Crippen molar-refractivity contribution in [3.63, 3.8) is 0 Å². The van der Waals surface area contributed by atoms with Gasteiger partial charge in [-0.3, -0.25) is 4.79 Å². The number of aromatic nitrogens is 2. The van der Waals surface area contributed by atoms with E-state index in [0.29, 0.717) is 30.3 Å². The van der Waals surface area contributed by atoms with Crippen molar-refractivity contribution < 1.29 is 14.3 Å². The van der Waals surface area contributed by atoms with Gasteiger partial charge in [-0.1, -0.05) is 6.07 Å². The number of hydrogen-bond donors (Lipinski definition) is 0. The van der Waals surface area contributed by atoms with Crippen LogP contribution in [-0.4, -0.2) is 40.5 Å². The van der Waals surface area contributed by atoms with Crippen LogP contribution in [-0.2, 0) is 0 Å². The number of benzene rings is 1. The van der Waals surface area contributed by atoms with Crippen LogP contribution in [0.2, 0.25) is 0 Å².